The Balaban J connectivity index is 2.34. The van der Waals surface area contributed by atoms with Crippen LogP contribution in [0.5, 0.6) is 17.4 Å². The second-order valence-corrected chi connectivity index (χ2v) is 3.83. The van der Waals surface area contributed by atoms with Crippen molar-refractivity contribution in [1.29, 1.82) is 0 Å². The van der Waals surface area contributed by atoms with Gasteiger partial charge in [-0.15, -0.1) is 0 Å². The van der Waals surface area contributed by atoms with Crippen LogP contribution in [0.1, 0.15) is 18.6 Å². The Kier molecular flexibility index (Phi) is 3.79. The van der Waals surface area contributed by atoms with Crippen LogP contribution < -0.4 is 9.47 Å². The number of benzene rings is 1. The molecule has 94 valence electrons. The number of methoxy groups -OCH3 is 1. The Hall–Kier alpha value is -2.07. The van der Waals surface area contributed by atoms with Crippen molar-refractivity contribution in [2.75, 3.05) is 7.11 Å². The molecule has 4 nitrogen and oxygen atoms in total. The van der Waals surface area contributed by atoms with Gasteiger partial charge in [-0.1, -0.05) is 12.1 Å². The van der Waals surface area contributed by atoms with Crippen LogP contribution in [0.25, 0.3) is 0 Å². The van der Waals surface area contributed by atoms with Gasteiger partial charge in [0.05, 0.1) is 13.2 Å². The Labute approximate surface area is 106 Å². The molecule has 1 aromatic carbocycles. The highest BCUT2D eigenvalue weighted by atomic mass is 16.5. The third kappa shape index (κ3) is 2.60. The van der Waals surface area contributed by atoms with Crippen molar-refractivity contribution >= 4 is 0 Å². The highest BCUT2D eigenvalue weighted by molar-refractivity contribution is 5.43. The smallest absolute Gasteiger partial charge is 0.225 e. The molecule has 2 aromatic rings. The van der Waals surface area contributed by atoms with Crippen LogP contribution in [0.2, 0.25) is 0 Å². The van der Waals surface area contributed by atoms with Crippen molar-refractivity contribution in [2.45, 2.75) is 13.0 Å². The van der Waals surface area contributed by atoms with Gasteiger partial charge in [0.2, 0.25) is 5.88 Å². The van der Waals surface area contributed by atoms with Gasteiger partial charge < -0.3 is 14.6 Å². The van der Waals surface area contributed by atoms with E-state index < -0.39 is 6.10 Å². The summed E-state index contributed by atoms with van der Waals surface area (Å²) < 4.78 is 10.9. The molecule has 2 rings (SSSR count). The summed E-state index contributed by atoms with van der Waals surface area (Å²) in [5.41, 5.74) is 0.642. The molecule has 1 heterocycles. The van der Waals surface area contributed by atoms with Crippen LogP contribution in [-0.2, 0) is 0 Å². The largest absolute Gasteiger partial charge is 0.493 e. The summed E-state index contributed by atoms with van der Waals surface area (Å²) >= 11 is 0. The average Bonchev–Trinajstić information content (AvgIpc) is 2.40. The van der Waals surface area contributed by atoms with Crippen LogP contribution in [-0.4, -0.2) is 17.2 Å². The molecule has 0 spiro atoms. The Morgan fingerprint density at radius 3 is 2.50 bits per heavy atom. The summed E-state index contributed by atoms with van der Waals surface area (Å²) in [7, 11) is 1.58. The van der Waals surface area contributed by atoms with E-state index in [0.717, 1.165) is 0 Å². The monoisotopic (exact) mass is 245 g/mol. The Morgan fingerprint density at radius 1 is 1.11 bits per heavy atom. The maximum Gasteiger partial charge on any atom is 0.225 e. The second-order valence-electron chi connectivity index (χ2n) is 3.83. The van der Waals surface area contributed by atoms with E-state index >= 15 is 0 Å². The van der Waals surface area contributed by atoms with Crippen LogP contribution in [0, 0.1) is 0 Å². The van der Waals surface area contributed by atoms with Gasteiger partial charge in [-0.25, -0.2) is 4.98 Å². The fourth-order valence-electron chi connectivity index (χ4n) is 1.61. The van der Waals surface area contributed by atoms with Crippen molar-refractivity contribution < 1.29 is 14.6 Å². The standard InChI is InChI=1S/C14H15NO3/c1-10(16)11-6-5-9-15-14(11)18-13-8-4-3-7-12(13)17-2/h3-10,16H,1-2H3/t10-/m0/s1. The number of nitrogens with zero attached hydrogens (tertiary/aromatic N) is 1. The lowest BCUT2D eigenvalue weighted by Gasteiger charge is -2.13. The first-order chi connectivity index (χ1) is 8.72. The number of pyridine rings is 1. The maximum atomic E-state index is 9.66. The Bertz CT molecular complexity index is 526. The molecule has 0 saturated carbocycles. The highest BCUT2D eigenvalue weighted by Gasteiger charge is 2.12. The molecule has 0 bridgehead atoms. The summed E-state index contributed by atoms with van der Waals surface area (Å²) in [6.45, 7) is 1.67. The zero-order valence-electron chi connectivity index (χ0n) is 10.3. The lowest BCUT2D eigenvalue weighted by atomic mass is 10.2. The first-order valence-corrected chi connectivity index (χ1v) is 5.66. The number of aliphatic hydroxyl groups is 1. The number of ether oxygens (including phenoxy) is 2. The van der Waals surface area contributed by atoms with Gasteiger partial charge in [-0.3, -0.25) is 0 Å². The molecule has 0 aliphatic rings. The van der Waals surface area contributed by atoms with Gasteiger partial charge in [-0.05, 0) is 31.2 Å². The first kappa shape index (κ1) is 12.4. The van der Waals surface area contributed by atoms with Crippen molar-refractivity contribution in [3.63, 3.8) is 0 Å². The van der Waals surface area contributed by atoms with Crippen molar-refractivity contribution in [3.8, 4) is 17.4 Å². The predicted octanol–water partition coefficient (Wildman–Crippen LogP) is 2.94. The van der Waals surface area contributed by atoms with E-state index in [-0.39, 0.29) is 0 Å². The van der Waals surface area contributed by atoms with Crippen molar-refractivity contribution in [3.05, 3.63) is 48.2 Å². The number of aromatic nitrogens is 1. The van der Waals surface area contributed by atoms with Crippen LogP contribution in [0.3, 0.4) is 0 Å². The van der Waals surface area contributed by atoms with Gasteiger partial charge in [0.25, 0.3) is 0 Å². The number of rotatable bonds is 4. The molecule has 0 unspecified atom stereocenters. The number of hydrogen-bond acceptors (Lipinski definition) is 4. The summed E-state index contributed by atoms with van der Waals surface area (Å²) in [6, 6.07) is 10.8. The van der Waals surface area contributed by atoms with E-state index in [1.54, 1.807) is 44.5 Å². The maximum absolute atomic E-state index is 9.66. The fraction of sp³-hybridized carbons (Fsp3) is 0.214. The second kappa shape index (κ2) is 5.51. The minimum Gasteiger partial charge on any atom is -0.493 e. The molecule has 0 saturated heterocycles. The summed E-state index contributed by atoms with van der Waals surface area (Å²) in [5.74, 6) is 1.58. The molecule has 0 radical (unpaired) electrons. The van der Waals surface area contributed by atoms with E-state index in [4.69, 9.17) is 9.47 Å². The minimum atomic E-state index is -0.636. The molecule has 1 atom stereocenters. The van der Waals surface area contributed by atoms with Gasteiger partial charge in [-0.2, -0.15) is 0 Å². The third-order valence-electron chi connectivity index (χ3n) is 2.53. The van der Waals surface area contributed by atoms with Gasteiger partial charge >= 0.3 is 0 Å². The summed E-state index contributed by atoms with van der Waals surface area (Å²) in [6.07, 6.45) is 0.986. The molecule has 18 heavy (non-hydrogen) atoms. The average molecular weight is 245 g/mol. The zero-order valence-corrected chi connectivity index (χ0v) is 10.3. The van der Waals surface area contributed by atoms with Gasteiger partial charge in [0, 0.05) is 11.8 Å². The topological polar surface area (TPSA) is 51.6 Å². The number of hydrogen-bond donors (Lipinski definition) is 1. The lowest BCUT2D eigenvalue weighted by Crippen LogP contribution is -1.99. The van der Waals surface area contributed by atoms with Crippen LogP contribution in [0.15, 0.2) is 42.6 Å². The molecule has 1 aromatic heterocycles. The SMILES string of the molecule is COc1ccccc1Oc1ncccc1[C@H](C)O. The highest BCUT2D eigenvalue weighted by Crippen LogP contribution is 2.33. The third-order valence-corrected chi connectivity index (χ3v) is 2.53. The van der Waals surface area contributed by atoms with Crippen molar-refractivity contribution in [2.24, 2.45) is 0 Å². The van der Waals surface area contributed by atoms with E-state index in [0.29, 0.717) is 22.9 Å². The molecule has 4 heteroatoms. The van der Waals surface area contributed by atoms with E-state index in [2.05, 4.69) is 4.98 Å². The number of para-hydroxylation sites is 2. The fourth-order valence-corrected chi connectivity index (χ4v) is 1.61. The molecule has 0 aliphatic carbocycles. The van der Waals surface area contributed by atoms with Gasteiger partial charge in [0.15, 0.2) is 11.5 Å². The van der Waals surface area contributed by atoms with Crippen LogP contribution in [0.4, 0.5) is 0 Å². The normalized spacial score (nSPS) is 11.9. The first-order valence-electron chi connectivity index (χ1n) is 5.66. The quantitative estimate of drug-likeness (QED) is 0.899. The van der Waals surface area contributed by atoms with Gasteiger partial charge in [0.1, 0.15) is 0 Å². The molecular weight excluding hydrogens is 230 g/mol. The molecule has 0 aliphatic heterocycles. The molecular formula is C14H15NO3. The minimum absolute atomic E-state index is 0.386. The van der Waals surface area contributed by atoms with E-state index in [9.17, 15) is 5.11 Å². The lowest BCUT2D eigenvalue weighted by molar-refractivity contribution is 0.194. The number of aliphatic hydroxyl groups excluding tert-OH is 1. The summed E-state index contributed by atoms with van der Waals surface area (Å²) in [5, 5.41) is 9.66. The molecule has 1 N–H and O–H groups in total. The van der Waals surface area contributed by atoms with E-state index in [1.807, 2.05) is 12.1 Å². The summed E-state index contributed by atoms with van der Waals surface area (Å²) in [4.78, 5) is 4.13. The molecule has 0 fully saturated rings. The van der Waals surface area contributed by atoms with Crippen LogP contribution >= 0.6 is 0 Å². The Morgan fingerprint density at radius 2 is 1.83 bits per heavy atom. The zero-order chi connectivity index (χ0) is 13.0. The van der Waals surface area contributed by atoms with E-state index in [1.165, 1.54) is 0 Å². The van der Waals surface area contributed by atoms with Crippen molar-refractivity contribution in [1.82, 2.24) is 4.98 Å². The molecule has 0 amide bonds. The predicted molar refractivity (Wildman–Crippen MR) is 67.9 cm³/mol.